The molecule has 2 N–H and O–H groups in total. The summed E-state index contributed by atoms with van der Waals surface area (Å²) in [6.45, 7) is 0.641. The first-order valence-electron chi connectivity index (χ1n) is 5.31. The molecule has 0 saturated carbocycles. The van der Waals surface area contributed by atoms with Crippen LogP contribution in [0.15, 0.2) is 30.3 Å². The molecule has 2 unspecified atom stereocenters. The van der Waals surface area contributed by atoms with Crippen molar-refractivity contribution < 1.29 is 13.0 Å². The lowest BCUT2D eigenvalue weighted by Crippen LogP contribution is -2.37. The number of hydrogen-bond donors (Lipinski definition) is 2. The topological polar surface area (TPSA) is 66.4 Å². The fourth-order valence-electron chi connectivity index (χ4n) is 2.17. The predicted molar refractivity (Wildman–Crippen MR) is 61.9 cm³/mol. The molecule has 0 aliphatic carbocycles. The van der Waals surface area contributed by atoms with Gasteiger partial charge in [0.2, 0.25) is 0 Å². The van der Waals surface area contributed by atoms with Gasteiger partial charge in [-0.3, -0.25) is 4.55 Å². The number of rotatable bonds is 3. The van der Waals surface area contributed by atoms with E-state index in [1.165, 1.54) is 0 Å². The van der Waals surface area contributed by atoms with Gasteiger partial charge in [-0.2, -0.15) is 8.42 Å². The second-order valence-corrected chi connectivity index (χ2v) is 5.73. The van der Waals surface area contributed by atoms with Crippen molar-refractivity contribution in [1.82, 2.24) is 5.32 Å². The summed E-state index contributed by atoms with van der Waals surface area (Å²) in [5.41, 5.74) is 1.08. The Morgan fingerprint density at radius 1 is 1.31 bits per heavy atom. The Morgan fingerprint density at radius 2 is 2.00 bits per heavy atom. The molecule has 1 saturated heterocycles. The molecule has 1 heterocycles. The quantitative estimate of drug-likeness (QED) is 0.770. The molecule has 2 rings (SSSR count). The molecule has 0 amide bonds. The van der Waals surface area contributed by atoms with Crippen molar-refractivity contribution in [2.75, 3.05) is 6.54 Å². The minimum Gasteiger partial charge on any atom is -0.312 e. The monoisotopic (exact) mass is 241 g/mol. The zero-order valence-corrected chi connectivity index (χ0v) is 9.65. The van der Waals surface area contributed by atoms with Crippen molar-refractivity contribution in [1.29, 1.82) is 0 Å². The highest BCUT2D eigenvalue weighted by atomic mass is 32.2. The van der Waals surface area contributed by atoms with E-state index in [-0.39, 0.29) is 6.04 Å². The summed E-state index contributed by atoms with van der Waals surface area (Å²) < 4.78 is 31.4. The number of benzene rings is 1. The first kappa shape index (κ1) is 11.6. The Balaban J connectivity index is 2.11. The standard InChI is InChI=1S/C11H15NO3S/c13-16(14,15)11-6-7-12-10(11)8-9-4-2-1-3-5-9/h1-5,10-12H,6-8H2,(H,13,14,15). The molecular formula is C11H15NO3S. The Morgan fingerprint density at radius 3 is 2.62 bits per heavy atom. The van der Waals surface area contributed by atoms with E-state index in [1.54, 1.807) is 0 Å². The number of hydrogen-bond acceptors (Lipinski definition) is 3. The molecule has 0 radical (unpaired) electrons. The second-order valence-electron chi connectivity index (χ2n) is 4.09. The van der Waals surface area contributed by atoms with Crippen LogP contribution in [0.25, 0.3) is 0 Å². The summed E-state index contributed by atoms with van der Waals surface area (Å²) in [5, 5.41) is 2.45. The third kappa shape index (κ3) is 2.61. The summed E-state index contributed by atoms with van der Waals surface area (Å²) in [6, 6.07) is 9.50. The van der Waals surface area contributed by atoms with Crippen LogP contribution in [-0.4, -0.2) is 30.8 Å². The summed E-state index contributed by atoms with van der Waals surface area (Å²) in [6.07, 6.45) is 1.11. The van der Waals surface area contributed by atoms with Crippen molar-refractivity contribution in [3.8, 4) is 0 Å². The molecule has 5 heteroatoms. The van der Waals surface area contributed by atoms with Crippen LogP contribution in [0.3, 0.4) is 0 Å². The van der Waals surface area contributed by atoms with Crippen LogP contribution in [0.2, 0.25) is 0 Å². The third-order valence-electron chi connectivity index (χ3n) is 2.97. The third-order valence-corrected chi connectivity index (χ3v) is 4.29. The van der Waals surface area contributed by atoms with E-state index in [9.17, 15) is 8.42 Å². The van der Waals surface area contributed by atoms with Crippen LogP contribution in [0.1, 0.15) is 12.0 Å². The van der Waals surface area contributed by atoms with E-state index in [1.807, 2.05) is 30.3 Å². The Kier molecular flexibility index (Phi) is 3.28. The van der Waals surface area contributed by atoms with Crippen molar-refractivity contribution in [2.24, 2.45) is 0 Å². The molecule has 0 bridgehead atoms. The molecule has 1 aliphatic rings. The zero-order chi connectivity index (χ0) is 11.6. The lowest BCUT2D eigenvalue weighted by atomic mass is 10.0. The highest BCUT2D eigenvalue weighted by Crippen LogP contribution is 2.18. The van der Waals surface area contributed by atoms with Crippen LogP contribution in [0.4, 0.5) is 0 Å². The van der Waals surface area contributed by atoms with Gasteiger partial charge in [0, 0.05) is 6.04 Å². The van der Waals surface area contributed by atoms with Gasteiger partial charge >= 0.3 is 0 Å². The van der Waals surface area contributed by atoms with Crippen LogP contribution < -0.4 is 5.32 Å². The summed E-state index contributed by atoms with van der Waals surface area (Å²) in [4.78, 5) is 0. The van der Waals surface area contributed by atoms with Gasteiger partial charge in [0.25, 0.3) is 10.1 Å². The van der Waals surface area contributed by atoms with Gasteiger partial charge in [-0.1, -0.05) is 30.3 Å². The van der Waals surface area contributed by atoms with E-state index in [0.717, 1.165) is 5.56 Å². The zero-order valence-electron chi connectivity index (χ0n) is 8.83. The Hall–Kier alpha value is -0.910. The van der Waals surface area contributed by atoms with Crippen molar-refractivity contribution in [3.05, 3.63) is 35.9 Å². The maximum Gasteiger partial charge on any atom is 0.269 e. The van der Waals surface area contributed by atoms with E-state index in [0.29, 0.717) is 19.4 Å². The van der Waals surface area contributed by atoms with Crippen LogP contribution in [-0.2, 0) is 16.5 Å². The first-order valence-corrected chi connectivity index (χ1v) is 6.81. The summed E-state index contributed by atoms with van der Waals surface area (Å²) in [7, 11) is -3.93. The van der Waals surface area contributed by atoms with Gasteiger partial charge in [-0.15, -0.1) is 0 Å². The van der Waals surface area contributed by atoms with Gasteiger partial charge in [-0.05, 0) is 24.9 Å². The first-order chi connectivity index (χ1) is 7.57. The average molecular weight is 241 g/mol. The molecule has 1 aromatic carbocycles. The minimum absolute atomic E-state index is 0.183. The lowest BCUT2D eigenvalue weighted by Gasteiger charge is -2.16. The molecule has 0 aromatic heterocycles. The van der Waals surface area contributed by atoms with E-state index in [4.69, 9.17) is 4.55 Å². The van der Waals surface area contributed by atoms with Gasteiger partial charge in [0.15, 0.2) is 0 Å². The molecule has 88 valence electrons. The smallest absolute Gasteiger partial charge is 0.269 e. The largest absolute Gasteiger partial charge is 0.312 e. The lowest BCUT2D eigenvalue weighted by molar-refractivity contribution is 0.454. The van der Waals surface area contributed by atoms with Crippen LogP contribution >= 0.6 is 0 Å². The number of nitrogens with one attached hydrogen (secondary N) is 1. The molecule has 1 aromatic rings. The van der Waals surface area contributed by atoms with Gasteiger partial charge in [0.1, 0.15) is 5.25 Å². The van der Waals surface area contributed by atoms with Crippen LogP contribution in [0, 0.1) is 0 Å². The second kappa shape index (κ2) is 4.53. The van der Waals surface area contributed by atoms with Crippen molar-refractivity contribution >= 4 is 10.1 Å². The van der Waals surface area contributed by atoms with Gasteiger partial charge in [-0.25, -0.2) is 0 Å². The Labute approximate surface area is 95.4 Å². The minimum atomic E-state index is -3.93. The van der Waals surface area contributed by atoms with Crippen LogP contribution in [0.5, 0.6) is 0 Å². The fourth-order valence-corrected chi connectivity index (χ4v) is 3.20. The maximum atomic E-state index is 11.1. The molecule has 4 nitrogen and oxygen atoms in total. The normalized spacial score (nSPS) is 25.8. The summed E-state index contributed by atoms with van der Waals surface area (Å²) in [5.74, 6) is 0. The average Bonchev–Trinajstić information content (AvgIpc) is 2.67. The van der Waals surface area contributed by atoms with E-state index >= 15 is 0 Å². The highest BCUT2D eigenvalue weighted by molar-refractivity contribution is 7.86. The maximum absolute atomic E-state index is 11.1. The highest BCUT2D eigenvalue weighted by Gasteiger charge is 2.35. The van der Waals surface area contributed by atoms with Crippen molar-refractivity contribution in [2.45, 2.75) is 24.1 Å². The molecule has 16 heavy (non-hydrogen) atoms. The van der Waals surface area contributed by atoms with Gasteiger partial charge < -0.3 is 5.32 Å². The van der Waals surface area contributed by atoms with Gasteiger partial charge in [0.05, 0.1) is 0 Å². The van der Waals surface area contributed by atoms with E-state index < -0.39 is 15.4 Å². The Bertz CT molecular complexity index is 444. The van der Waals surface area contributed by atoms with E-state index in [2.05, 4.69) is 5.32 Å². The SMILES string of the molecule is O=S(=O)(O)C1CCNC1Cc1ccccc1. The molecule has 1 fully saturated rings. The fraction of sp³-hybridized carbons (Fsp3) is 0.455. The molecular weight excluding hydrogens is 226 g/mol. The molecule has 1 aliphatic heterocycles. The molecule has 2 atom stereocenters. The summed E-state index contributed by atoms with van der Waals surface area (Å²) >= 11 is 0. The molecule has 0 spiro atoms. The van der Waals surface area contributed by atoms with Crippen molar-refractivity contribution in [3.63, 3.8) is 0 Å². The predicted octanol–water partition coefficient (Wildman–Crippen LogP) is 0.847.